The summed E-state index contributed by atoms with van der Waals surface area (Å²) in [4.78, 5) is 0. The fourth-order valence-corrected chi connectivity index (χ4v) is 5.93. The Hall–Kier alpha value is -0.530. The van der Waals surface area contributed by atoms with Crippen molar-refractivity contribution >= 4 is 12.4 Å². The number of halogens is 1. The molecule has 0 aliphatic heterocycles. The molecule has 3 saturated carbocycles. The zero-order valence-corrected chi connectivity index (χ0v) is 10.7. The second kappa shape index (κ2) is 2.73. The second-order valence-corrected chi connectivity index (χ2v) is 6.72. The summed E-state index contributed by atoms with van der Waals surface area (Å²) < 4.78 is 0. The molecule has 1 aromatic rings. The smallest absolute Gasteiger partial charge is 0.0195 e. The molecule has 0 heterocycles. The van der Waals surface area contributed by atoms with Gasteiger partial charge >= 0.3 is 0 Å². The van der Waals surface area contributed by atoms with Crippen LogP contribution in [0.15, 0.2) is 24.3 Å². The molecular formula is C15H18ClN. The molecule has 4 aliphatic carbocycles. The lowest BCUT2D eigenvalue weighted by Gasteiger charge is -2.34. The van der Waals surface area contributed by atoms with Crippen molar-refractivity contribution in [1.29, 1.82) is 0 Å². The molecule has 1 aromatic carbocycles. The van der Waals surface area contributed by atoms with Crippen LogP contribution in [0.4, 0.5) is 0 Å². The first kappa shape index (κ1) is 10.4. The Morgan fingerprint density at radius 3 is 2.47 bits per heavy atom. The molecule has 1 nitrogen and oxygen atoms in total. The van der Waals surface area contributed by atoms with Gasteiger partial charge in [-0.15, -0.1) is 12.4 Å². The highest BCUT2D eigenvalue weighted by molar-refractivity contribution is 5.85. The minimum atomic E-state index is 0. The van der Waals surface area contributed by atoms with Gasteiger partial charge in [0, 0.05) is 5.54 Å². The van der Waals surface area contributed by atoms with Crippen molar-refractivity contribution in [3.8, 4) is 0 Å². The largest absolute Gasteiger partial charge is 0.325 e. The van der Waals surface area contributed by atoms with E-state index < -0.39 is 0 Å². The van der Waals surface area contributed by atoms with E-state index in [2.05, 4.69) is 24.3 Å². The van der Waals surface area contributed by atoms with Gasteiger partial charge in [0.2, 0.25) is 0 Å². The van der Waals surface area contributed by atoms with Crippen LogP contribution >= 0.6 is 12.4 Å². The maximum atomic E-state index is 6.62. The number of rotatable bonds is 0. The summed E-state index contributed by atoms with van der Waals surface area (Å²) in [6, 6.07) is 9.18. The lowest BCUT2D eigenvalue weighted by atomic mass is 9.74. The molecule has 5 rings (SSSR count). The third-order valence-corrected chi connectivity index (χ3v) is 6.34. The Morgan fingerprint density at radius 2 is 1.76 bits per heavy atom. The van der Waals surface area contributed by atoms with Crippen LogP contribution in [0.5, 0.6) is 0 Å². The van der Waals surface area contributed by atoms with Crippen LogP contribution in [0.3, 0.4) is 0 Å². The number of fused-ring (bicyclic) bond motifs is 6. The van der Waals surface area contributed by atoms with Crippen molar-refractivity contribution in [3.05, 3.63) is 35.4 Å². The molecule has 3 bridgehead atoms. The van der Waals surface area contributed by atoms with E-state index in [1.165, 1.54) is 25.7 Å². The number of hydrogen-bond donors (Lipinski definition) is 1. The summed E-state index contributed by atoms with van der Waals surface area (Å²) in [5.74, 6) is 2.50. The first-order valence-corrected chi connectivity index (χ1v) is 6.61. The molecule has 1 spiro atoms. The van der Waals surface area contributed by atoms with E-state index in [-0.39, 0.29) is 17.9 Å². The minimum absolute atomic E-state index is 0. The van der Waals surface area contributed by atoms with Crippen molar-refractivity contribution in [3.63, 3.8) is 0 Å². The molecule has 3 fully saturated rings. The molecule has 2 heteroatoms. The standard InChI is InChI=1S/C15H17N.ClH/c16-15-7-13-11-4-2-1-3-10(11)12-5-9(15)6-14(12,13)8-15;/h1-4,9,12-13H,5-8,16H2;1H. The second-order valence-electron chi connectivity index (χ2n) is 6.72. The lowest BCUT2D eigenvalue weighted by molar-refractivity contribution is 0.266. The van der Waals surface area contributed by atoms with Gasteiger partial charge in [-0.05, 0) is 60.0 Å². The number of benzene rings is 1. The molecule has 90 valence electrons. The van der Waals surface area contributed by atoms with Gasteiger partial charge in [-0.1, -0.05) is 24.3 Å². The summed E-state index contributed by atoms with van der Waals surface area (Å²) in [6.45, 7) is 0. The first-order valence-electron chi connectivity index (χ1n) is 6.61. The van der Waals surface area contributed by atoms with Crippen LogP contribution in [-0.2, 0) is 0 Å². The zero-order chi connectivity index (χ0) is 10.5. The topological polar surface area (TPSA) is 26.0 Å². The molecule has 0 radical (unpaired) electrons. The Balaban J connectivity index is 0.000000800. The Bertz CT molecular complexity index is 513. The predicted octanol–water partition coefficient (Wildman–Crippen LogP) is 3.19. The predicted molar refractivity (Wildman–Crippen MR) is 70.5 cm³/mol. The van der Waals surface area contributed by atoms with E-state index >= 15 is 0 Å². The monoisotopic (exact) mass is 247 g/mol. The van der Waals surface area contributed by atoms with Gasteiger partial charge < -0.3 is 5.73 Å². The molecule has 0 aromatic heterocycles. The van der Waals surface area contributed by atoms with E-state index in [1.54, 1.807) is 11.1 Å². The fourth-order valence-electron chi connectivity index (χ4n) is 5.93. The van der Waals surface area contributed by atoms with Crippen LogP contribution < -0.4 is 5.73 Å². The van der Waals surface area contributed by atoms with Crippen LogP contribution in [0.2, 0.25) is 0 Å². The lowest BCUT2D eigenvalue weighted by Crippen LogP contribution is -2.43. The highest BCUT2D eigenvalue weighted by Gasteiger charge is 2.73. The highest BCUT2D eigenvalue weighted by atomic mass is 35.5. The Morgan fingerprint density at radius 1 is 1.06 bits per heavy atom. The summed E-state index contributed by atoms with van der Waals surface area (Å²) in [5.41, 5.74) is 10.8. The fraction of sp³-hybridized carbons (Fsp3) is 0.600. The zero-order valence-electron chi connectivity index (χ0n) is 9.86. The van der Waals surface area contributed by atoms with E-state index in [1.807, 2.05) is 0 Å². The van der Waals surface area contributed by atoms with Crippen LogP contribution in [0, 0.1) is 11.3 Å². The van der Waals surface area contributed by atoms with Crippen LogP contribution in [-0.4, -0.2) is 5.54 Å². The normalized spacial score (nSPS) is 51.5. The highest BCUT2D eigenvalue weighted by Crippen LogP contribution is 2.80. The van der Waals surface area contributed by atoms with Gasteiger partial charge in [0.25, 0.3) is 0 Å². The molecular weight excluding hydrogens is 230 g/mol. The summed E-state index contributed by atoms with van der Waals surface area (Å²) in [6.07, 6.45) is 5.39. The van der Waals surface area contributed by atoms with E-state index in [0.29, 0.717) is 5.41 Å². The molecule has 2 N–H and O–H groups in total. The van der Waals surface area contributed by atoms with E-state index in [4.69, 9.17) is 5.73 Å². The van der Waals surface area contributed by atoms with Crippen molar-refractivity contribution in [2.75, 3.05) is 0 Å². The summed E-state index contributed by atoms with van der Waals surface area (Å²) in [7, 11) is 0. The molecule has 5 unspecified atom stereocenters. The molecule has 17 heavy (non-hydrogen) atoms. The average Bonchev–Trinajstić information content (AvgIpc) is 2.90. The van der Waals surface area contributed by atoms with Crippen molar-refractivity contribution < 1.29 is 0 Å². The van der Waals surface area contributed by atoms with Crippen molar-refractivity contribution in [2.24, 2.45) is 17.1 Å². The van der Waals surface area contributed by atoms with Gasteiger partial charge in [-0.25, -0.2) is 0 Å². The van der Waals surface area contributed by atoms with E-state index in [0.717, 1.165) is 17.8 Å². The van der Waals surface area contributed by atoms with Gasteiger partial charge in [-0.2, -0.15) is 0 Å². The van der Waals surface area contributed by atoms with Crippen LogP contribution in [0.1, 0.15) is 48.6 Å². The van der Waals surface area contributed by atoms with Gasteiger partial charge in [-0.3, -0.25) is 0 Å². The maximum Gasteiger partial charge on any atom is 0.0195 e. The SMILES string of the molecule is Cl.NC12CC3c4ccccc4C4CC1CC43C2. The number of nitrogens with two attached hydrogens (primary N) is 1. The van der Waals surface area contributed by atoms with E-state index in [9.17, 15) is 0 Å². The third kappa shape index (κ3) is 0.880. The van der Waals surface area contributed by atoms with Crippen molar-refractivity contribution in [2.45, 2.75) is 43.1 Å². The quantitative estimate of drug-likeness (QED) is 0.749. The Labute approximate surface area is 108 Å². The van der Waals surface area contributed by atoms with Crippen molar-refractivity contribution in [1.82, 2.24) is 0 Å². The first-order chi connectivity index (χ1) is 7.73. The number of hydrogen-bond acceptors (Lipinski definition) is 1. The molecule has 0 saturated heterocycles. The minimum Gasteiger partial charge on any atom is -0.325 e. The third-order valence-electron chi connectivity index (χ3n) is 6.34. The van der Waals surface area contributed by atoms with Gasteiger partial charge in [0.1, 0.15) is 0 Å². The maximum absolute atomic E-state index is 6.62. The summed E-state index contributed by atoms with van der Waals surface area (Å²) in [5, 5.41) is 0. The Kier molecular flexibility index (Phi) is 1.67. The average molecular weight is 248 g/mol. The van der Waals surface area contributed by atoms with Gasteiger partial charge in [0.15, 0.2) is 0 Å². The molecule has 4 aliphatic rings. The molecule has 5 atom stereocenters. The molecule has 0 amide bonds. The van der Waals surface area contributed by atoms with Gasteiger partial charge in [0.05, 0.1) is 0 Å². The van der Waals surface area contributed by atoms with Crippen LogP contribution in [0.25, 0.3) is 0 Å². The summed E-state index contributed by atoms with van der Waals surface area (Å²) >= 11 is 0.